The molecule has 2 aromatic heterocycles. The molecular formula is C20H22N4O5. The molecule has 0 aliphatic carbocycles. The van der Waals surface area contributed by atoms with Crippen LogP contribution in [0.1, 0.15) is 34.5 Å². The van der Waals surface area contributed by atoms with Crippen molar-refractivity contribution in [3.63, 3.8) is 0 Å². The predicted octanol–water partition coefficient (Wildman–Crippen LogP) is 1.93. The lowest BCUT2D eigenvalue weighted by molar-refractivity contribution is 0.111. The number of pyridine rings is 2. The maximum absolute atomic E-state index is 12.9. The van der Waals surface area contributed by atoms with E-state index < -0.39 is 0 Å². The lowest BCUT2D eigenvalue weighted by atomic mass is 10.0. The van der Waals surface area contributed by atoms with Crippen molar-refractivity contribution in [2.45, 2.75) is 32.0 Å². The van der Waals surface area contributed by atoms with Crippen molar-refractivity contribution in [3.8, 4) is 5.75 Å². The summed E-state index contributed by atoms with van der Waals surface area (Å²) < 4.78 is 11.2. The third-order valence-corrected chi connectivity index (χ3v) is 4.96. The van der Waals surface area contributed by atoms with Gasteiger partial charge in [-0.25, -0.2) is 14.8 Å². The van der Waals surface area contributed by atoms with Gasteiger partial charge in [-0.05, 0) is 30.5 Å². The first kappa shape index (κ1) is 19.3. The highest BCUT2D eigenvalue weighted by molar-refractivity contribution is 6.01. The molecule has 2 amide bonds. The standard InChI is InChI=1S/C20H22N4O5/c25-10-14-8-13-2-1-6-24(19(13)22-17(14)11-26)20(27)23-18-9-15(3-5-21-18)29-16-4-7-28-12-16/h3,5,8-9,11,16,25H,1-2,4,6-7,10,12H2,(H,21,23,27). The van der Waals surface area contributed by atoms with E-state index in [-0.39, 0.29) is 24.4 Å². The molecule has 0 aromatic carbocycles. The zero-order chi connectivity index (χ0) is 20.2. The second-order valence-corrected chi connectivity index (χ2v) is 6.96. The number of carbonyl (C=O) groups is 2. The topological polar surface area (TPSA) is 114 Å². The van der Waals surface area contributed by atoms with Crippen LogP contribution in [0.3, 0.4) is 0 Å². The highest BCUT2D eigenvalue weighted by atomic mass is 16.5. The minimum atomic E-state index is -0.388. The third kappa shape index (κ3) is 4.20. The summed E-state index contributed by atoms with van der Waals surface area (Å²) in [7, 11) is 0. The minimum Gasteiger partial charge on any atom is -0.488 e. The lowest BCUT2D eigenvalue weighted by Crippen LogP contribution is -2.39. The number of rotatable bonds is 5. The van der Waals surface area contributed by atoms with Crippen molar-refractivity contribution < 1.29 is 24.2 Å². The van der Waals surface area contributed by atoms with Gasteiger partial charge in [-0.15, -0.1) is 0 Å². The Morgan fingerprint density at radius 3 is 3.10 bits per heavy atom. The van der Waals surface area contributed by atoms with Crippen LogP contribution in [-0.4, -0.2) is 53.3 Å². The number of aryl methyl sites for hydroxylation is 1. The van der Waals surface area contributed by atoms with Gasteiger partial charge < -0.3 is 14.6 Å². The van der Waals surface area contributed by atoms with Gasteiger partial charge in [0.1, 0.15) is 29.2 Å². The van der Waals surface area contributed by atoms with Crippen LogP contribution >= 0.6 is 0 Å². The molecule has 1 saturated heterocycles. The van der Waals surface area contributed by atoms with Crippen molar-refractivity contribution >= 4 is 24.0 Å². The van der Waals surface area contributed by atoms with Crippen molar-refractivity contribution in [2.24, 2.45) is 0 Å². The molecule has 2 aliphatic heterocycles. The number of anilines is 2. The van der Waals surface area contributed by atoms with Gasteiger partial charge in [-0.1, -0.05) is 0 Å². The summed E-state index contributed by atoms with van der Waals surface area (Å²) in [5.41, 5.74) is 1.42. The van der Waals surface area contributed by atoms with E-state index in [4.69, 9.17) is 9.47 Å². The van der Waals surface area contributed by atoms with Crippen molar-refractivity contribution in [1.29, 1.82) is 0 Å². The highest BCUT2D eigenvalue weighted by Crippen LogP contribution is 2.28. The third-order valence-electron chi connectivity index (χ3n) is 4.96. The molecule has 152 valence electrons. The number of carbonyl (C=O) groups excluding carboxylic acids is 2. The number of aromatic nitrogens is 2. The fraction of sp³-hybridized carbons (Fsp3) is 0.400. The van der Waals surface area contributed by atoms with Crippen LogP contribution in [0.15, 0.2) is 24.4 Å². The van der Waals surface area contributed by atoms with Crippen LogP contribution < -0.4 is 15.0 Å². The van der Waals surface area contributed by atoms with Crippen molar-refractivity contribution in [3.05, 3.63) is 41.2 Å². The van der Waals surface area contributed by atoms with Crippen LogP contribution in [0.2, 0.25) is 0 Å². The SMILES string of the molecule is O=Cc1nc2c(cc1CO)CCCN2C(=O)Nc1cc(OC2CCOC2)ccn1. The van der Waals surface area contributed by atoms with Gasteiger partial charge in [0.2, 0.25) is 0 Å². The summed E-state index contributed by atoms with van der Waals surface area (Å²) >= 11 is 0. The Hall–Kier alpha value is -3.04. The average Bonchev–Trinajstić information content (AvgIpc) is 3.25. The Kier molecular flexibility index (Phi) is 5.68. The number of nitrogens with one attached hydrogen (secondary N) is 1. The Bertz CT molecular complexity index is 914. The molecule has 0 spiro atoms. The number of ether oxygens (including phenoxy) is 2. The van der Waals surface area contributed by atoms with Gasteiger partial charge in [-0.2, -0.15) is 0 Å². The molecule has 2 aromatic rings. The van der Waals surface area contributed by atoms with Crippen LogP contribution in [0.4, 0.5) is 16.4 Å². The Labute approximate surface area is 167 Å². The molecule has 9 nitrogen and oxygen atoms in total. The number of aliphatic hydroxyl groups is 1. The average molecular weight is 398 g/mol. The number of aliphatic hydroxyl groups excluding tert-OH is 1. The summed E-state index contributed by atoms with van der Waals surface area (Å²) in [6, 6.07) is 4.75. The molecule has 29 heavy (non-hydrogen) atoms. The number of hydrogen-bond donors (Lipinski definition) is 2. The van der Waals surface area contributed by atoms with Crippen molar-refractivity contribution in [2.75, 3.05) is 30.0 Å². The van der Waals surface area contributed by atoms with E-state index in [0.29, 0.717) is 49.0 Å². The summed E-state index contributed by atoms with van der Waals surface area (Å²) in [4.78, 5) is 34.2. The van der Waals surface area contributed by atoms with Gasteiger partial charge in [0.05, 0.1) is 19.8 Å². The number of fused-ring (bicyclic) bond motifs is 1. The molecule has 2 N–H and O–H groups in total. The molecule has 1 unspecified atom stereocenters. The predicted molar refractivity (Wildman–Crippen MR) is 104 cm³/mol. The zero-order valence-electron chi connectivity index (χ0n) is 15.8. The molecule has 0 saturated carbocycles. The van der Waals surface area contributed by atoms with Gasteiger partial charge >= 0.3 is 6.03 Å². The number of nitrogens with zero attached hydrogens (tertiary/aromatic N) is 3. The van der Waals surface area contributed by atoms with Crippen molar-refractivity contribution in [1.82, 2.24) is 9.97 Å². The smallest absolute Gasteiger partial charge is 0.328 e. The molecule has 9 heteroatoms. The van der Waals surface area contributed by atoms with Gasteiger partial charge in [0.25, 0.3) is 0 Å². The second-order valence-electron chi connectivity index (χ2n) is 6.96. The number of amides is 2. The van der Waals surface area contributed by atoms with Gasteiger partial charge in [0, 0.05) is 30.8 Å². The quantitative estimate of drug-likeness (QED) is 0.740. The van der Waals surface area contributed by atoms with E-state index in [9.17, 15) is 14.7 Å². The molecule has 0 bridgehead atoms. The van der Waals surface area contributed by atoms with Crippen LogP contribution in [0.5, 0.6) is 5.75 Å². The van der Waals surface area contributed by atoms with Gasteiger partial charge in [0.15, 0.2) is 6.29 Å². The zero-order valence-corrected chi connectivity index (χ0v) is 15.8. The van der Waals surface area contributed by atoms with Crippen LogP contribution in [0.25, 0.3) is 0 Å². The fourth-order valence-electron chi connectivity index (χ4n) is 3.51. The first-order valence-electron chi connectivity index (χ1n) is 9.55. The fourth-order valence-corrected chi connectivity index (χ4v) is 3.51. The summed E-state index contributed by atoms with van der Waals surface area (Å²) in [5.74, 6) is 1.41. The molecule has 4 heterocycles. The van der Waals surface area contributed by atoms with E-state index in [2.05, 4.69) is 15.3 Å². The minimum absolute atomic E-state index is 0.00149. The molecule has 4 rings (SSSR count). The Balaban J connectivity index is 1.52. The number of hydrogen-bond acceptors (Lipinski definition) is 7. The molecule has 0 radical (unpaired) electrons. The largest absolute Gasteiger partial charge is 0.488 e. The maximum Gasteiger partial charge on any atom is 0.328 e. The highest BCUT2D eigenvalue weighted by Gasteiger charge is 2.26. The molecule has 1 fully saturated rings. The monoisotopic (exact) mass is 398 g/mol. The van der Waals surface area contributed by atoms with E-state index in [1.807, 2.05) is 0 Å². The van der Waals surface area contributed by atoms with Gasteiger partial charge in [-0.3, -0.25) is 15.0 Å². The maximum atomic E-state index is 12.9. The number of aldehydes is 1. The first-order valence-corrected chi connectivity index (χ1v) is 9.55. The van der Waals surface area contributed by atoms with E-state index in [1.165, 1.54) is 4.90 Å². The van der Waals surface area contributed by atoms with E-state index in [1.54, 1.807) is 24.4 Å². The second kappa shape index (κ2) is 8.54. The summed E-state index contributed by atoms with van der Waals surface area (Å²) in [6.45, 7) is 1.43. The van der Waals surface area contributed by atoms with E-state index in [0.717, 1.165) is 24.8 Å². The first-order chi connectivity index (χ1) is 14.2. The van der Waals surface area contributed by atoms with E-state index >= 15 is 0 Å². The Morgan fingerprint density at radius 1 is 1.45 bits per heavy atom. The van der Waals surface area contributed by atoms with Crippen LogP contribution in [-0.2, 0) is 17.8 Å². The Morgan fingerprint density at radius 2 is 2.34 bits per heavy atom. The number of urea groups is 1. The molecule has 2 aliphatic rings. The normalized spacial score (nSPS) is 18.2. The summed E-state index contributed by atoms with van der Waals surface area (Å²) in [6.07, 6.45) is 4.47. The summed E-state index contributed by atoms with van der Waals surface area (Å²) in [5, 5.41) is 12.2. The molecule has 1 atom stereocenters. The molecular weight excluding hydrogens is 376 g/mol. The lowest BCUT2D eigenvalue weighted by Gasteiger charge is -2.29. The van der Waals surface area contributed by atoms with Crippen LogP contribution in [0, 0.1) is 0 Å².